The summed E-state index contributed by atoms with van der Waals surface area (Å²) in [4.78, 5) is 29.4. The first-order chi connectivity index (χ1) is 13.0. The lowest BCUT2D eigenvalue weighted by Crippen LogP contribution is -2.34. The van der Waals surface area contributed by atoms with Crippen LogP contribution in [0.3, 0.4) is 0 Å². The van der Waals surface area contributed by atoms with Gasteiger partial charge in [0.2, 0.25) is 0 Å². The number of ether oxygens (including phenoxy) is 1. The molecule has 0 saturated heterocycles. The first-order valence-corrected chi connectivity index (χ1v) is 10.2. The number of thiophene rings is 1. The molecule has 0 fully saturated rings. The predicted octanol–water partition coefficient (Wildman–Crippen LogP) is 4.29. The zero-order valence-corrected chi connectivity index (χ0v) is 16.5. The van der Waals surface area contributed by atoms with Crippen LogP contribution >= 0.6 is 34.7 Å². The minimum atomic E-state index is -0.458. The largest absolute Gasteiger partial charge is 0.492 e. The summed E-state index contributed by atoms with van der Waals surface area (Å²) < 4.78 is 5.64. The molecule has 10 heteroatoms. The van der Waals surface area contributed by atoms with E-state index in [9.17, 15) is 14.9 Å². The minimum Gasteiger partial charge on any atom is -0.492 e. The van der Waals surface area contributed by atoms with Crippen molar-refractivity contribution < 1.29 is 14.5 Å². The molecule has 2 aromatic rings. The fraction of sp³-hybridized carbons (Fsp3) is 0.176. The summed E-state index contributed by atoms with van der Waals surface area (Å²) >= 11 is 8.19. The average molecular weight is 424 g/mol. The first-order valence-electron chi connectivity index (χ1n) is 7.77. The van der Waals surface area contributed by atoms with Gasteiger partial charge in [0.05, 0.1) is 11.5 Å². The third kappa shape index (κ3) is 4.68. The summed E-state index contributed by atoms with van der Waals surface area (Å²) in [5.74, 6) is 0.408. The summed E-state index contributed by atoms with van der Waals surface area (Å²) in [7, 11) is 0. The monoisotopic (exact) mass is 423 g/mol. The quantitative estimate of drug-likeness (QED) is 0.393. The van der Waals surface area contributed by atoms with E-state index in [2.05, 4.69) is 4.99 Å². The summed E-state index contributed by atoms with van der Waals surface area (Å²) in [6, 6.07) is 9.98. The lowest BCUT2D eigenvalue weighted by molar-refractivity contribution is -0.380. The Balaban J connectivity index is 1.67. The van der Waals surface area contributed by atoms with Gasteiger partial charge in [0.1, 0.15) is 18.1 Å². The number of hydrogen-bond donors (Lipinski definition) is 0. The van der Waals surface area contributed by atoms with Crippen molar-refractivity contribution in [2.24, 2.45) is 4.99 Å². The number of amidine groups is 1. The van der Waals surface area contributed by atoms with Crippen molar-refractivity contribution in [2.45, 2.75) is 0 Å². The van der Waals surface area contributed by atoms with Crippen LogP contribution in [0.15, 0.2) is 47.1 Å². The third-order valence-electron chi connectivity index (χ3n) is 3.56. The minimum absolute atomic E-state index is 0.0228. The lowest BCUT2D eigenvalue weighted by Gasteiger charge is -2.17. The summed E-state index contributed by atoms with van der Waals surface area (Å²) in [5.41, 5.74) is 0.252. The van der Waals surface area contributed by atoms with Crippen LogP contribution in [0.5, 0.6) is 5.75 Å². The van der Waals surface area contributed by atoms with Crippen molar-refractivity contribution in [3.8, 4) is 5.75 Å². The van der Waals surface area contributed by atoms with Gasteiger partial charge in [0, 0.05) is 16.0 Å². The molecule has 0 saturated carbocycles. The predicted molar refractivity (Wildman–Crippen MR) is 109 cm³/mol. The Morgan fingerprint density at radius 3 is 2.70 bits per heavy atom. The number of thioether (sulfide) groups is 1. The SMILES string of the molecule is CSC1=N/C(=C/c2ccc([N+](=O)[O-])s2)C(=O)N1CCOc1ccc(Cl)cc1. The van der Waals surface area contributed by atoms with Crippen LogP contribution in [0.4, 0.5) is 5.00 Å². The zero-order chi connectivity index (χ0) is 19.4. The van der Waals surface area contributed by atoms with Gasteiger partial charge in [0.25, 0.3) is 5.91 Å². The zero-order valence-electron chi connectivity index (χ0n) is 14.1. The van der Waals surface area contributed by atoms with Crippen molar-refractivity contribution in [1.29, 1.82) is 0 Å². The molecule has 1 aliphatic heterocycles. The molecule has 0 atom stereocenters. The molecule has 0 unspecified atom stereocenters. The van der Waals surface area contributed by atoms with Gasteiger partial charge in [-0.05, 0) is 42.7 Å². The summed E-state index contributed by atoms with van der Waals surface area (Å²) in [5, 5.41) is 12.0. The molecule has 7 nitrogen and oxygen atoms in total. The fourth-order valence-electron chi connectivity index (χ4n) is 2.32. The van der Waals surface area contributed by atoms with Crippen LogP contribution in [0, 0.1) is 10.1 Å². The molecule has 27 heavy (non-hydrogen) atoms. The molecule has 0 radical (unpaired) electrons. The number of benzene rings is 1. The molecule has 1 aromatic carbocycles. The van der Waals surface area contributed by atoms with Gasteiger partial charge in [0.15, 0.2) is 5.17 Å². The molecule has 1 amide bonds. The Morgan fingerprint density at radius 1 is 1.33 bits per heavy atom. The normalized spacial score (nSPS) is 15.3. The third-order valence-corrected chi connectivity index (χ3v) is 5.48. The fourth-order valence-corrected chi connectivity index (χ4v) is 3.79. The Labute approximate surface area is 168 Å². The molecule has 0 spiro atoms. The second-order valence-electron chi connectivity index (χ2n) is 5.32. The number of aliphatic imine (C=N–C) groups is 1. The number of hydrogen-bond acceptors (Lipinski definition) is 7. The van der Waals surface area contributed by atoms with E-state index >= 15 is 0 Å². The highest BCUT2D eigenvalue weighted by molar-refractivity contribution is 8.13. The first kappa shape index (κ1) is 19.4. The highest BCUT2D eigenvalue weighted by atomic mass is 35.5. The van der Waals surface area contributed by atoms with Crippen LogP contribution < -0.4 is 4.74 Å². The molecule has 1 aromatic heterocycles. The number of carbonyl (C=O) groups excluding carboxylic acids is 1. The van der Waals surface area contributed by atoms with Gasteiger partial charge in [-0.1, -0.05) is 34.7 Å². The van der Waals surface area contributed by atoms with E-state index in [1.54, 1.807) is 36.4 Å². The van der Waals surface area contributed by atoms with Gasteiger partial charge in [-0.3, -0.25) is 19.8 Å². The lowest BCUT2D eigenvalue weighted by atomic mass is 10.3. The van der Waals surface area contributed by atoms with E-state index in [-0.39, 0.29) is 16.6 Å². The van der Waals surface area contributed by atoms with Crippen LogP contribution in [-0.4, -0.2) is 40.3 Å². The number of carbonyl (C=O) groups is 1. The second-order valence-corrected chi connectivity index (χ2v) is 7.62. The number of nitrogens with zero attached hydrogens (tertiary/aromatic N) is 3. The van der Waals surface area contributed by atoms with Gasteiger partial charge >= 0.3 is 5.00 Å². The topological polar surface area (TPSA) is 85.0 Å². The van der Waals surface area contributed by atoms with Crippen molar-refractivity contribution in [2.75, 3.05) is 19.4 Å². The number of rotatable bonds is 6. The molecular formula is C17H14ClN3O4S2. The Kier molecular flexibility index (Phi) is 6.15. The van der Waals surface area contributed by atoms with Crippen molar-refractivity contribution in [1.82, 2.24) is 4.90 Å². The molecule has 0 bridgehead atoms. The maximum atomic E-state index is 12.6. The second kappa shape index (κ2) is 8.55. The maximum absolute atomic E-state index is 12.6. The highest BCUT2D eigenvalue weighted by Crippen LogP contribution is 2.28. The van der Waals surface area contributed by atoms with Crippen molar-refractivity contribution in [3.05, 3.63) is 62.1 Å². The maximum Gasteiger partial charge on any atom is 0.324 e. The standard InChI is InChI=1S/C17H14ClN3O4S2/c1-26-17-19-14(10-13-6-7-15(27-13)21(23)24)16(22)20(17)8-9-25-12-4-2-11(18)3-5-12/h2-7,10H,8-9H2,1H3/b14-10+. The van der Waals surface area contributed by atoms with Crippen LogP contribution in [0.2, 0.25) is 5.02 Å². The molecule has 0 aliphatic carbocycles. The molecule has 0 N–H and O–H groups in total. The van der Waals surface area contributed by atoms with E-state index in [0.717, 1.165) is 11.3 Å². The van der Waals surface area contributed by atoms with Crippen LogP contribution in [-0.2, 0) is 4.79 Å². The van der Waals surface area contributed by atoms with Crippen LogP contribution in [0.1, 0.15) is 4.88 Å². The smallest absolute Gasteiger partial charge is 0.324 e. The molecule has 2 heterocycles. The number of nitro groups is 1. The molecular weight excluding hydrogens is 410 g/mol. The Bertz CT molecular complexity index is 925. The molecule has 140 valence electrons. The summed E-state index contributed by atoms with van der Waals surface area (Å²) in [6.45, 7) is 0.633. The summed E-state index contributed by atoms with van der Waals surface area (Å²) in [6.07, 6.45) is 3.40. The number of amides is 1. The van der Waals surface area contributed by atoms with Crippen molar-refractivity contribution in [3.63, 3.8) is 0 Å². The average Bonchev–Trinajstić information content (AvgIpc) is 3.23. The Hall–Kier alpha value is -2.36. The van der Waals surface area contributed by atoms with Gasteiger partial charge in [-0.15, -0.1) is 0 Å². The van der Waals surface area contributed by atoms with E-state index < -0.39 is 4.92 Å². The van der Waals surface area contributed by atoms with Gasteiger partial charge in [-0.2, -0.15) is 0 Å². The highest BCUT2D eigenvalue weighted by Gasteiger charge is 2.29. The van der Waals surface area contributed by atoms with Crippen molar-refractivity contribution >= 4 is 56.9 Å². The van der Waals surface area contributed by atoms with E-state index in [1.807, 2.05) is 6.26 Å². The number of halogens is 1. The van der Waals surface area contributed by atoms with Crippen LogP contribution in [0.25, 0.3) is 6.08 Å². The Morgan fingerprint density at radius 2 is 2.07 bits per heavy atom. The van der Waals surface area contributed by atoms with E-state index in [1.165, 1.54) is 22.7 Å². The van der Waals surface area contributed by atoms with E-state index in [0.29, 0.717) is 34.0 Å². The molecule has 1 aliphatic rings. The molecule has 3 rings (SSSR count). The van der Waals surface area contributed by atoms with Gasteiger partial charge in [-0.25, -0.2) is 4.99 Å². The van der Waals surface area contributed by atoms with E-state index in [4.69, 9.17) is 16.3 Å². The van der Waals surface area contributed by atoms with Gasteiger partial charge < -0.3 is 4.74 Å².